The number of nitrogens with zero attached hydrogens (tertiary/aromatic N) is 3. The number of hydrogen-bond acceptors (Lipinski definition) is 5. The van der Waals surface area contributed by atoms with Gasteiger partial charge in [0.05, 0.1) is 12.6 Å². The van der Waals surface area contributed by atoms with Gasteiger partial charge in [0.25, 0.3) is 5.91 Å². The van der Waals surface area contributed by atoms with Crippen LogP contribution in [0.25, 0.3) is 22.3 Å². The molecule has 0 bridgehead atoms. The van der Waals surface area contributed by atoms with E-state index >= 15 is 0 Å². The van der Waals surface area contributed by atoms with Crippen molar-refractivity contribution in [1.29, 1.82) is 0 Å². The number of phenolic OH excluding ortho intramolecular Hbond substituents is 1. The fraction of sp³-hybridized carbons (Fsp3) is 0.160. The maximum Gasteiger partial charge on any atom is 0.273 e. The lowest BCUT2D eigenvalue weighted by Gasteiger charge is -2.29. The van der Waals surface area contributed by atoms with Crippen LogP contribution in [-0.4, -0.2) is 39.5 Å². The van der Waals surface area contributed by atoms with Gasteiger partial charge in [0, 0.05) is 29.6 Å². The molecule has 1 N–H and O–H groups in total. The van der Waals surface area contributed by atoms with Crippen LogP contribution in [0.4, 0.5) is 4.39 Å². The van der Waals surface area contributed by atoms with Crippen LogP contribution >= 0.6 is 0 Å². The predicted molar refractivity (Wildman–Crippen MR) is 118 cm³/mol. The second kappa shape index (κ2) is 7.92. The van der Waals surface area contributed by atoms with E-state index in [1.54, 1.807) is 23.1 Å². The Labute approximate surface area is 183 Å². The Hall–Kier alpha value is -4.00. The van der Waals surface area contributed by atoms with Crippen molar-refractivity contribution in [2.45, 2.75) is 13.0 Å². The molecule has 4 aromatic rings. The second-order valence-electron chi connectivity index (χ2n) is 7.65. The molecule has 6 nitrogen and oxygen atoms in total. The maximum atomic E-state index is 13.6. The number of methoxy groups -OCH3 is 1. The number of benzene rings is 3. The minimum atomic E-state index is -0.349. The number of halogens is 1. The number of fused-ring (bicyclic) bond motifs is 2. The van der Waals surface area contributed by atoms with E-state index in [1.807, 2.05) is 30.3 Å². The lowest BCUT2D eigenvalue weighted by molar-refractivity contribution is 0.0730. The molecule has 2 heterocycles. The summed E-state index contributed by atoms with van der Waals surface area (Å²) >= 11 is 0. The molecule has 0 fully saturated rings. The molecule has 1 amide bonds. The Kier molecular flexibility index (Phi) is 4.93. The van der Waals surface area contributed by atoms with Gasteiger partial charge >= 0.3 is 0 Å². The summed E-state index contributed by atoms with van der Waals surface area (Å²) in [5, 5.41) is 11.1. The van der Waals surface area contributed by atoms with E-state index in [4.69, 9.17) is 4.74 Å². The van der Waals surface area contributed by atoms with Gasteiger partial charge in [-0.2, -0.15) is 0 Å². The summed E-state index contributed by atoms with van der Waals surface area (Å²) in [5.74, 6) is 0.356. The minimum Gasteiger partial charge on any atom is -0.504 e. The lowest BCUT2D eigenvalue weighted by Crippen LogP contribution is -2.36. The van der Waals surface area contributed by atoms with Crippen LogP contribution in [0.15, 0.2) is 60.7 Å². The number of amides is 1. The lowest BCUT2D eigenvalue weighted by atomic mass is 9.97. The normalized spacial score (nSPS) is 13.1. The Morgan fingerprint density at radius 3 is 2.62 bits per heavy atom. The summed E-state index contributed by atoms with van der Waals surface area (Å²) in [5.41, 5.74) is 3.25. The van der Waals surface area contributed by atoms with Gasteiger partial charge in [-0.3, -0.25) is 4.79 Å². The first-order valence-corrected chi connectivity index (χ1v) is 10.2. The fourth-order valence-electron chi connectivity index (χ4n) is 4.07. The number of carbonyl (C=O) groups excluding carboxylic acids is 1. The van der Waals surface area contributed by atoms with E-state index in [0.29, 0.717) is 53.2 Å². The van der Waals surface area contributed by atoms with Crippen LogP contribution in [-0.2, 0) is 13.0 Å². The molecule has 7 heteroatoms. The average molecular weight is 429 g/mol. The number of aromatic hydroxyl groups is 1. The second-order valence-corrected chi connectivity index (χ2v) is 7.65. The molecular weight excluding hydrogens is 409 g/mol. The number of hydrogen-bond donors (Lipinski definition) is 1. The van der Waals surface area contributed by atoms with Crippen molar-refractivity contribution in [1.82, 2.24) is 14.9 Å². The molecule has 5 rings (SSSR count). The van der Waals surface area contributed by atoms with Gasteiger partial charge in [-0.15, -0.1) is 0 Å². The van der Waals surface area contributed by atoms with Crippen LogP contribution in [0.1, 0.15) is 21.6 Å². The SMILES string of the molecule is COc1ccc2c(c1O)CCN(C(=O)c1nc(-c3ccc(F)cc3)nc3ccccc13)C2. The molecule has 0 radical (unpaired) electrons. The average Bonchev–Trinajstić information content (AvgIpc) is 2.83. The number of aromatic nitrogens is 2. The van der Waals surface area contributed by atoms with Crippen molar-refractivity contribution in [2.24, 2.45) is 0 Å². The third kappa shape index (κ3) is 3.41. The molecule has 1 aromatic heterocycles. The van der Waals surface area contributed by atoms with Crippen molar-refractivity contribution in [2.75, 3.05) is 13.7 Å². The van der Waals surface area contributed by atoms with E-state index in [2.05, 4.69) is 9.97 Å². The predicted octanol–water partition coefficient (Wildman–Crippen LogP) is 4.35. The third-order valence-electron chi connectivity index (χ3n) is 5.75. The highest BCUT2D eigenvalue weighted by atomic mass is 19.1. The molecule has 0 saturated carbocycles. The van der Waals surface area contributed by atoms with E-state index in [9.17, 15) is 14.3 Å². The zero-order valence-corrected chi connectivity index (χ0v) is 17.4. The molecule has 160 valence electrons. The van der Waals surface area contributed by atoms with Crippen LogP contribution in [0.5, 0.6) is 11.5 Å². The van der Waals surface area contributed by atoms with Crippen molar-refractivity contribution in [3.05, 3.63) is 83.3 Å². The van der Waals surface area contributed by atoms with Gasteiger partial charge < -0.3 is 14.7 Å². The molecule has 0 unspecified atom stereocenters. The van der Waals surface area contributed by atoms with Crippen LogP contribution in [0.3, 0.4) is 0 Å². The van der Waals surface area contributed by atoms with E-state index < -0.39 is 0 Å². The summed E-state index contributed by atoms with van der Waals surface area (Å²) < 4.78 is 18.6. The summed E-state index contributed by atoms with van der Waals surface area (Å²) in [6, 6.07) is 16.8. The Morgan fingerprint density at radius 1 is 1.06 bits per heavy atom. The summed E-state index contributed by atoms with van der Waals surface area (Å²) in [6.45, 7) is 0.798. The Balaban J connectivity index is 1.55. The van der Waals surface area contributed by atoms with E-state index in [1.165, 1.54) is 19.2 Å². The van der Waals surface area contributed by atoms with Gasteiger partial charge in [-0.1, -0.05) is 24.3 Å². The first-order chi connectivity index (χ1) is 15.5. The standard InChI is InChI=1S/C25H20FN3O3/c1-32-21-11-8-16-14-29(13-12-18(16)23(21)30)25(31)22-19-4-2-3-5-20(19)27-24(28-22)15-6-9-17(26)10-7-15/h2-11,30H,12-14H2,1H3. The minimum absolute atomic E-state index is 0.128. The zero-order chi connectivity index (χ0) is 22.2. The molecule has 0 atom stereocenters. The zero-order valence-electron chi connectivity index (χ0n) is 17.4. The number of rotatable bonds is 3. The van der Waals surface area contributed by atoms with Crippen LogP contribution < -0.4 is 4.74 Å². The highest BCUT2D eigenvalue weighted by Gasteiger charge is 2.27. The number of phenols is 1. The Morgan fingerprint density at radius 2 is 1.84 bits per heavy atom. The van der Waals surface area contributed by atoms with Gasteiger partial charge in [-0.25, -0.2) is 14.4 Å². The van der Waals surface area contributed by atoms with Gasteiger partial charge in [0.1, 0.15) is 11.5 Å². The van der Waals surface area contributed by atoms with Gasteiger partial charge in [-0.05, 0) is 48.4 Å². The summed E-state index contributed by atoms with van der Waals surface area (Å²) in [7, 11) is 1.51. The van der Waals surface area contributed by atoms with E-state index in [-0.39, 0.29) is 17.5 Å². The largest absolute Gasteiger partial charge is 0.504 e. The maximum absolute atomic E-state index is 13.6. The highest BCUT2D eigenvalue weighted by molar-refractivity contribution is 6.05. The number of ether oxygens (including phenoxy) is 1. The number of para-hydroxylation sites is 1. The molecule has 1 aliphatic heterocycles. The highest BCUT2D eigenvalue weighted by Crippen LogP contribution is 2.36. The fourth-order valence-corrected chi connectivity index (χ4v) is 4.07. The molecule has 1 aliphatic rings. The van der Waals surface area contributed by atoms with Crippen molar-refractivity contribution in [3.8, 4) is 22.9 Å². The monoisotopic (exact) mass is 429 g/mol. The van der Waals surface area contributed by atoms with Crippen molar-refractivity contribution < 1.29 is 19.0 Å². The molecule has 3 aromatic carbocycles. The molecule has 0 spiro atoms. The van der Waals surface area contributed by atoms with Crippen LogP contribution in [0, 0.1) is 5.82 Å². The van der Waals surface area contributed by atoms with E-state index in [0.717, 1.165) is 11.1 Å². The first kappa shape index (κ1) is 19.9. The van der Waals surface area contributed by atoms with Gasteiger partial charge in [0.2, 0.25) is 0 Å². The molecule has 0 saturated heterocycles. The number of carbonyl (C=O) groups is 1. The Bertz CT molecular complexity index is 1340. The summed E-state index contributed by atoms with van der Waals surface area (Å²) in [6.07, 6.45) is 0.512. The smallest absolute Gasteiger partial charge is 0.273 e. The molecular formula is C25H20FN3O3. The third-order valence-corrected chi connectivity index (χ3v) is 5.75. The molecule has 32 heavy (non-hydrogen) atoms. The van der Waals surface area contributed by atoms with Crippen molar-refractivity contribution >= 4 is 16.8 Å². The van der Waals surface area contributed by atoms with Crippen LogP contribution in [0.2, 0.25) is 0 Å². The molecule has 0 aliphatic carbocycles. The summed E-state index contributed by atoms with van der Waals surface area (Å²) in [4.78, 5) is 24.4. The topological polar surface area (TPSA) is 75.6 Å². The van der Waals surface area contributed by atoms with Gasteiger partial charge in [0.15, 0.2) is 17.3 Å². The quantitative estimate of drug-likeness (QED) is 0.524. The van der Waals surface area contributed by atoms with Crippen molar-refractivity contribution in [3.63, 3.8) is 0 Å². The first-order valence-electron chi connectivity index (χ1n) is 10.2.